The molecule has 0 aliphatic heterocycles. The highest BCUT2D eigenvalue weighted by atomic mass is 35.5. The highest BCUT2D eigenvalue weighted by molar-refractivity contribution is 6.16. The molecule has 0 atom stereocenters. The zero-order valence-electron chi connectivity index (χ0n) is 10.4. The highest BCUT2D eigenvalue weighted by Crippen LogP contribution is 2.23. The Balaban J connectivity index is 2.29. The van der Waals surface area contributed by atoms with Gasteiger partial charge in [-0.05, 0) is 29.2 Å². The maximum absolute atomic E-state index is 5.74. The summed E-state index contributed by atoms with van der Waals surface area (Å²) in [4.78, 5) is 0. The van der Waals surface area contributed by atoms with Gasteiger partial charge in [-0.2, -0.15) is 5.10 Å². The van der Waals surface area contributed by atoms with Gasteiger partial charge < -0.3 is 0 Å². The Kier molecular flexibility index (Phi) is 3.25. The molecule has 0 fully saturated rings. The molecule has 0 amide bonds. The van der Waals surface area contributed by atoms with E-state index in [1.54, 1.807) is 0 Å². The molecule has 0 aliphatic rings. The second kappa shape index (κ2) is 4.53. The molecule has 2 aromatic rings. The van der Waals surface area contributed by atoms with Crippen LogP contribution in [0.1, 0.15) is 32.0 Å². The van der Waals surface area contributed by atoms with E-state index in [2.05, 4.69) is 50.1 Å². The summed E-state index contributed by atoms with van der Waals surface area (Å²) in [6.45, 7) is 6.63. The zero-order valence-corrected chi connectivity index (χ0v) is 11.2. The van der Waals surface area contributed by atoms with Crippen LogP contribution in [-0.2, 0) is 11.3 Å². The molecular formula is C14H17ClN2. The van der Waals surface area contributed by atoms with Gasteiger partial charge in [0.15, 0.2) is 0 Å². The number of aromatic nitrogens is 2. The Bertz CT molecular complexity index is 492. The number of halogens is 1. The van der Waals surface area contributed by atoms with E-state index in [1.807, 2.05) is 16.9 Å². The molecule has 1 aromatic heterocycles. The molecule has 0 saturated heterocycles. The lowest BCUT2D eigenvalue weighted by atomic mass is 9.87. The van der Waals surface area contributed by atoms with Gasteiger partial charge in [-0.25, -0.2) is 4.68 Å². The van der Waals surface area contributed by atoms with Crippen molar-refractivity contribution in [3.8, 4) is 5.69 Å². The third kappa shape index (κ3) is 2.70. The first-order valence-corrected chi connectivity index (χ1v) is 6.25. The third-order valence-electron chi connectivity index (χ3n) is 2.78. The number of hydrogen-bond acceptors (Lipinski definition) is 1. The molecule has 3 heteroatoms. The predicted octanol–water partition coefficient (Wildman–Crippen LogP) is 3.91. The molecule has 0 radical (unpaired) electrons. The van der Waals surface area contributed by atoms with Gasteiger partial charge in [-0.3, -0.25) is 0 Å². The summed E-state index contributed by atoms with van der Waals surface area (Å²) in [5, 5.41) is 4.38. The lowest BCUT2D eigenvalue weighted by Gasteiger charge is -2.19. The molecule has 0 spiro atoms. The van der Waals surface area contributed by atoms with Crippen molar-refractivity contribution < 1.29 is 0 Å². The van der Waals surface area contributed by atoms with E-state index in [4.69, 9.17) is 11.6 Å². The molecular weight excluding hydrogens is 232 g/mol. The van der Waals surface area contributed by atoms with Crippen molar-refractivity contribution in [2.24, 2.45) is 0 Å². The van der Waals surface area contributed by atoms with Crippen LogP contribution in [0.15, 0.2) is 36.5 Å². The standard InChI is InChI=1S/C14H17ClN2/c1-14(2,3)11-4-6-13(7-5-11)17-9-8-12(10-15)16-17/h4-9H,10H2,1-3H3. The van der Waals surface area contributed by atoms with Gasteiger partial charge in [-0.1, -0.05) is 32.9 Å². The summed E-state index contributed by atoms with van der Waals surface area (Å²) in [7, 11) is 0. The van der Waals surface area contributed by atoms with Gasteiger partial charge in [0.1, 0.15) is 0 Å². The molecule has 0 unspecified atom stereocenters. The first-order valence-electron chi connectivity index (χ1n) is 5.72. The van der Waals surface area contributed by atoms with Crippen LogP contribution in [0.2, 0.25) is 0 Å². The largest absolute Gasteiger partial charge is 0.241 e. The topological polar surface area (TPSA) is 17.8 Å². The van der Waals surface area contributed by atoms with Crippen LogP contribution >= 0.6 is 11.6 Å². The molecule has 17 heavy (non-hydrogen) atoms. The fourth-order valence-electron chi connectivity index (χ4n) is 1.69. The molecule has 1 aromatic carbocycles. The molecule has 1 heterocycles. The second-order valence-electron chi connectivity index (χ2n) is 5.18. The number of nitrogens with zero attached hydrogens (tertiary/aromatic N) is 2. The first-order chi connectivity index (χ1) is 8.00. The van der Waals surface area contributed by atoms with Crippen molar-refractivity contribution in [3.63, 3.8) is 0 Å². The molecule has 0 N–H and O–H groups in total. The summed E-state index contributed by atoms with van der Waals surface area (Å²) < 4.78 is 1.85. The summed E-state index contributed by atoms with van der Waals surface area (Å²) in [6.07, 6.45) is 1.93. The van der Waals surface area contributed by atoms with E-state index in [0.29, 0.717) is 5.88 Å². The molecule has 0 aliphatic carbocycles. The monoisotopic (exact) mass is 248 g/mol. The van der Waals surface area contributed by atoms with Crippen LogP contribution in [0.3, 0.4) is 0 Å². The fourth-order valence-corrected chi connectivity index (χ4v) is 1.83. The summed E-state index contributed by atoms with van der Waals surface area (Å²) >= 11 is 5.74. The van der Waals surface area contributed by atoms with Crippen molar-refractivity contribution in [2.45, 2.75) is 32.1 Å². The van der Waals surface area contributed by atoms with Crippen LogP contribution in [-0.4, -0.2) is 9.78 Å². The average molecular weight is 249 g/mol. The first kappa shape index (κ1) is 12.2. The van der Waals surface area contributed by atoms with Gasteiger partial charge >= 0.3 is 0 Å². The smallest absolute Gasteiger partial charge is 0.0776 e. The molecule has 90 valence electrons. The minimum Gasteiger partial charge on any atom is -0.241 e. The SMILES string of the molecule is CC(C)(C)c1ccc(-n2ccc(CCl)n2)cc1. The van der Waals surface area contributed by atoms with E-state index in [0.717, 1.165) is 11.4 Å². The van der Waals surface area contributed by atoms with Crippen molar-refractivity contribution in [1.29, 1.82) is 0 Å². The Morgan fingerprint density at radius 2 is 1.76 bits per heavy atom. The van der Waals surface area contributed by atoms with Crippen molar-refractivity contribution in [2.75, 3.05) is 0 Å². The van der Waals surface area contributed by atoms with E-state index >= 15 is 0 Å². The van der Waals surface area contributed by atoms with Gasteiger partial charge in [-0.15, -0.1) is 11.6 Å². The Labute approximate surface area is 107 Å². The minimum absolute atomic E-state index is 0.184. The Hall–Kier alpha value is -1.28. The van der Waals surface area contributed by atoms with Gasteiger partial charge in [0, 0.05) is 6.20 Å². The van der Waals surface area contributed by atoms with Crippen molar-refractivity contribution in [3.05, 3.63) is 47.8 Å². The van der Waals surface area contributed by atoms with Gasteiger partial charge in [0.05, 0.1) is 17.3 Å². The number of benzene rings is 1. The van der Waals surface area contributed by atoms with E-state index in [-0.39, 0.29) is 5.41 Å². The zero-order chi connectivity index (χ0) is 12.5. The second-order valence-corrected chi connectivity index (χ2v) is 5.45. The van der Waals surface area contributed by atoms with E-state index < -0.39 is 0 Å². The number of hydrogen-bond donors (Lipinski definition) is 0. The van der Waals surface area contributed by atoms with Gasteiger partial charge in [0.25, 0.3) is 0 Å². The molecule has 0 saturated carbocycles. The fraction of sp³-hybridized carbons (Fsp3) is 0.357. The number of rotatable bonds is 2. The van der Waals surface area contributed by atoms with Crippen LogP contribution in [0.25, 0.3) is 5.69 Å². The molecule has 0 bridgehead atoms. The highest BCUT2D eigenvalue weighted by Gasteiger charge is 2.13. The number of alkyl halides is 1. The normalized spacial score (nSPS) is 11.8. The van der Waals surface area contributed by atoms with Crippen LogP contribution in [0, 0.1) is 0 Å². The quantitative estimate of drug-likeness (QED) is 0.737. The van der Waals surface area contributed by atoms with E-state index in [9.17, 15) is 0 Å². The molecule has 2 rings (SSSR count). The Morgan fingerprint density at radius 3 is 2.24 bits per heavy atom. The lowest BCUT2D eigenvalue weighted by Crippen LogP contribution is -2.10. The van der Waals surface area contributed by atoms with Crippen molar-refractivity contribution in [1.82, 2.24) is 9.78 Å². The maximum atomic E-state index is 5.74. The minimum atomic E-state index is 0.184. The summed E-state index contributed by atoms with van der Waals surface area (Å²) in [6, 6.07) is 10.4. The van der Waals surface area contributed by atoms with Crippen LogP contribution in [0.5, 0.6) is 0 Å². The summed E-state index contributed by atoms with van der Waals surface area (Å²) in [5.41, 5.74) is 3.47. The maximum Gasteiger partial charge on any atom is 0.0776 e. The lowest BCUT2D eigenvalue weighted by molar-refractivity contribution is 0.590. The third-order valence-corrected chi connectivity index (χ3v) is 3.05. The Morgan fingerprint density at radius 1 is 1.12 bits per heavy atom. The molecule has 2 nitrogen and oxygen atoms in total. The average Bonchev–Trinajstić information content (AvgIpc) is 2.76. The van der Waals surface area contributed by atoms with Crippen LogP contribution < -0.4 is 0 Å². The van der Waals surface area contributed by atoms with Gasteiger partial charge in [0.2, 0.25) is 0 Å². The summed E-state index contributed by atoms with van der Waals surface area (Å²) in [5.74, 6) is 0.451. The van der Waals surface area contributed by atoms with E-state index in [1.165, 1.54) is 5.56 Å². The predicted molar refractivity (Wildman–Crippen MR) is 71.8 cm³/mol. The van der Waals surface area contributed by atoms with Crippen molar-refractivity contribution >= 4 is 11.6 Å². The van der Waals surface area contributed by atoms with Crippen LogP contribution in [0.4, 0.5) is 0 Å².